The molecule has 0 unspecified atom stereocenters. The lowest BCUT2D eigenvalue weighted by Gasteiger charge is -2.12. The highest BCUT2D eigenvalue weighted by molar-refractivity contribution is 14.1. The summed E-state index contributed by atoms with van der Waals surface area (Å²) in [7, 11) is 1.95. The van der Waals surface area contributed by atoms with Gasteiger partial charge in [-0.3, -0.25) is 4.79 Å². The molecule has 1 heterocycles. The van der Waals surface area contributed by atoms with Crippen molar-refractivity contribution in [2.24, 2.45) is 7.05 Å². The van der Waals surface area contributed by atoms with E-state index in [4.69, 9.17) is 0 Å². The lowest BCUT2D eigenvalue weighted by Crippen LogP contribution is -2.16. The van der Waals surface area contributed by atoms with Crippen LogP contribution in [0.25, 0.3) is 0 Å². The van der Waals surface area contributed by atoms with Gasteiger partial charge in [-0.2, -0.15) is 0 Å². The zero-order valence-corrected chi connectivity index (χ0v) is 21.3. The molecular weight excluding hydrogens is 527 g/mol. The van der Waals surface area contributed by atoms with Gasteiger partial charge in [0.05, 0.1) is 11.5 Å². The van der Waals surface area contributed by atoms with Crippen LogP contribution in [0.3, 0.4) is 0 Å². The third-order valence-corrected chi connectivity index (χ3v) is 7.28. The van der Waals surface area contributed by atoms with Crippen LogP contribution in [0.2, 0.25) is 0 Å². The molecule has 0 saturated heterocycles. The first-order chi connectivity index (χ1) is 14.3. The summed E-state index contributed by atoms with van der Waals surface area (Å²) in [5.41, 5.74) is 5.62. The van der Waals surface area contributed by atoms with Gasteiger partial charge in [-0.1, -0.05) is 41.6 Å². The minimum Gasteiger partial charge on any atom is -0.325 e. The van der Waals surface area contributed by atoms with Crippen molar-refractivity contribution in [2.45, 2.75) is 37.4 Å². The Bertz CT molecular complexity index is 1010. The molecule has 0 fully saturated rings. The number of benzene rings is 2. The number of carbonyl (C=O) groups excluding carboxylic acids is 1. The number of hydrogen-bond acceptors (Lipinski definition) is 5. The second-order valence-electron chi connectivity index (χ2n) is 7.19. The van der Waals surface area contributed by atoms with E-state index in [2.05, 4.69) is 81.4 Å². The summed E-state index contributed by atoms with van der Waals surface area (Å²) in [4.78, 5) is 12.5. The molecule has 0 atom stereocenters. The van der Waals surface area contributed by atoms with Gasteiger partial charge in [0, 0.05) is 22.1 Å². The van der Waals surface area contributed by atoms with Gasteiger partial charge in [0.1, 0.15) is 5.82 Å². The molecule has 0 aliphatic rings. The number of anilines is 1. The number of aryl methyl sites for hydroxylation is 3. The molecule has 30 heavy (non-hydrogen) atoms. The Labute approximate surface area is 200 Å². The summed E-state index contributed by atoms with van der Waals surface area (Å²) in [6.45, 7) is 6.13. The van der Waals surface area contributed by atoms with Crippen LogP contribution >= 0.6 is 46.1 Å². The second-order valence-corrected chi connectivity index (χ2v) is 10.4. The molecule has 0 saturated carbocycles. The molecule has 3 rings (SSSR count). The highest BCUT2D eigenvalue weighted by atomic mass is 127. The summed E-state index contributed by atoms with van der Waals surface area (Å²) in [6.07, 6.45) is 0. The standard InChI is InChI=1S/C22H25IN4OS2/c1-14-5-7-17(8-6-14)11-29-12-19-25-26-22(27(19)4)30-13-20(28)24-21-15(2)9-18(23)10-16(21)3/h5-10H,11-13H2,1-4H3,(H,24,28). The zero-order valence-electron chi connectivity index (χ0n) is 17.5. The molecule has 2 aromatic carbocycles. The minimum absolute atomic E-state index is 0.0364. The first kappa shape index (κ1) is 23.1. The molecule has 158 valence electrons. The molecule has 0 aliphatic heterocycles. The first-order valence-electron chi connectivity index (χ1n) is 9.54. The van der Waals surface area contributed by atoms with Crippen LogP contribution in [-0.2, 0) is 23.3 Å². The van der Waals surface area contributed by atoms with Gasteiger partial charge in [-0.25, -0.2) is 0 Å². The Hall–Kier alpha value is -1.52. The van der Waals surface area contributed by atoms with Crippen LogP contribution < -0.4 is 5.32 Å². The number of amides is 1. The highest BCUT2D eigenvalue weighted by Crippen LogP contribution is 2.24. The van der Waals surface area contributed by atoms with E-state index in [1.165, 1.54) is 26.5 Å². The Morgan fingerprint density at radius 1 is 1.07 bits per heavy atom. The van der Waals surface area contributed by atoms with E-state index in [0.29, 0.717) is 5.75 Å². The summed E-state index contributed by atoms with van der Waals surface area (Å²) in [6, 6.07) is 12.7. The molecule has 0 bridgehead atoms. The van der Waals surface area contributed by atoms with E-state index in [1.807, 2.05) is 37.2 Å². The normalized spacial score (nSPS) is 11.0. The SMILES string of the molecule is Cc1ccc(CSCc2nnc(SCC(=O)Nc3c(C)cc(I)cc3C)n2C)cc1. The topological polar surface area (TPSA) is 59.8 Å². The van der Waals surface area contributed by atoms with Gasteiger partial charge in [0.2, 0.25) is 5.91 Å². The van der Waals surface area contributed by atoms with E-state index in [1.54, 1.807) is 0 Å². The Balaban J connectivity index is 1.51. The summed E-state index contributed by atoms with van der Waals surface area (Å²) in [5.74, 6) is 2.90. The number of aromatic nitrogens is 3. The van der Waals surface area contributed by atoms with Gasteiger partial charge in [0.25, 0.3) is 0 Å². The number of nitrogens with zero attached hydrogens (tertiary/aromatic N) is 3. The number of thioether (sulfide) groups is 2. The maximum Gasteiger partial charge on any atom is 0.234 e. The van der Waals surface area contributed by atoms with E-state index in [9.17, 15) is 4.79 Å². The van der Waals surface area contributed by atoms with Crippen LogP contribution in [-0.4, -0.2) is 26.4 Å². The molecule has 0 radical (unpaired) electrons. The summed E-state index contributed by atoms with van der Waals surface area (Å²) < 4.78 is 3.14. The molecule has 0 spiro atoms. The van der Waals surface area contributed by atoms with Crippen LogP contribution in [0.1, 0.15) is 28.1 Å². The number of carbonyl (C=O) groups is 1. The predicted molar refractivity (Wildman–Crippen MR) is 135 cm³/mol. The fraction of sp³-hybridized carbons (Fsp3) is 0.318. The summed E-state index contributed by atoms with van der Waals surface area (Å²) in [5, 5.41) is 12.4. The molecule has 3 aromatic rings. The van der Waals surface area contributed by atoms with Crippen LogP contribution in [0.4, 0.5) is 5.69 Å². The average molecular weight is 553 g/mol. The van der Waals surface area contributed by atoms with Gasteiger partial charge < -0.3 is 9.88 Å². The second kappa shape index (κ2) is 10.7. The molecule has 0 aliphatic carbocycles. The fourth-order valence-corrected chi connectivity index (χ4v) is 5.58. The van der Waals surface area contributed by atoms with Gasteiger partial charge in [-0.05, 0) is 72.2 Å². The smallest absolute Gasteiger partial charge is 0.234 e. The predicted octanol–water partition coefficient (Wildman–Crippen LogP) is 5.51. The van der Waals surface area contributed by atoms with E-state index in [0.717, 1.165) is 39.3 Å². The Morgan fingerprint density at radius 3 is 2.40 bits per heavy atom. The third-order valence-electron chi connectivity index (χ3n) is 4.64. The van der Waals surface area contributed by atoms with Crippen LogP contribution in [0.5, 0.6) is 0 Å². The van der Waals surface area contributed by atoms with E-state index >= 15 is 0 Å². The van der Waals surface area contributed by atoms with E-state index < -0.39 is 0 Å². The highest BCUT2D eigenvalue weighted by Gasteiger charge is 2.13. The monoisotopic (exact) mass is 552 g/mol. The van der Waals surface area contributed by atoms with Crippen LogP contribution in [0.15, 0.2) is 41.6 Å². The van der Waals surface area contributed by atoms with Crippen molar-refractivity contribution in [2.75, 3.05) is 11.1 Å². The van der Waals surface area contributed by atoms with Crippen LogP contribution in [0, 0.1) is 24.3 Å². The Morgan fingerprint density at radius 2 is 1.73 bits per heavy atom. The molecule has 5 nitrogen and oxygen atoms in total. The van der Waals surface area contributed by atoms with Crippen molar-refractivity contribution < 1.29 is 4.79 Å². The molecule has 1 aromatic heterocycles. The van der Waals surface area contributed by atoms with Gasteiger partial charge >= 0.3 is 0 Å². The quantitative estimate of drug-likeness (QED) is 0.295. The number of nitrogens with one attached hydrogen (secondary N) is 1. The van der Waals surface area contributed by atoms with Gasteiger partial charge in [-0.15, -0.1) is 22.0 Å². The number of halogens is 1. The fourth-order valence-electron chi connectivity index (χ4n) is 2.95. The third kappa shape index (κ3) is 6.24. The lowest BCUT2D eigenvalue weighted by atomic mass is 10.1. The van der Waals surface area contributed by atoms with Gasteiger partial charge in [0.15, 0.2) is 5.16 Å². The molecule has 8 heteroatoms. The maximum atomic E-state index is 12.5. The largest absolute Gasteiger partial charge is 0.325 e. The lowest BCUT2D eigenvalue weighted by molar-refractivity contribution is -0.113. The van der Waals surface area contributed by atoms with E-state index in [-0.39, 0.29) is 5.91 Å². The number of hydrogen-bond donors (Lipinski definition) is 1. The zero-order chi connectivity index (χ0) is 21.7. The maximum absolute atomic E-state index is 12.5. The van der Waals surface area contributed by atoms with Crippen molar-refractivity contribution >= 4 is 57.7 Å². The van der Waals surface area contributed by atoms with Crippen molar-refractivity contribution in [3.63, 3.8) is 0 Å². The summed E-state index contributed by atoms with van der Waals surface area (Å²) >= 11 is 5.51. The average Bonchev–Trinajstić information content (AvgIpc) is 3.04. The van der Waals surface area contributed by atoms with Crippen molar-refractivity contribution in [1.82, 2.24) is 14.8 Å². The minimum atomic E-state index is -0.0364. The number of rotatable bonds is 8. The molecule has 1 N–H and O–H groups in total. The van der Waals surface area contributed by atoms with Crippen molar-refractivity contribution in [1.29, 1.82) is 0 Å². The van der Waals surface area contributed by atoms with Crippen molar-refractivity contribution in [3.05, 3.63) is 68.0 Å². The first-order valence-corrected chi connectivity index (χ1v) is 12.8. The molecule has 1 amide bonds. The van der Waals surface area contributed by atoms with Crippen molar-refractivity contribution in [3.8, 4) is 0 Å². The molecular formula is C22H25IN4OS2. The Kier molecular flexibility index (Phi) is 8.24.